The van der Waals surface area contributed by atoms with Crippen molar-refractivity contribution in [1.29, 1.82) is 0 Å². The first-order chi connectivity index (χ1) is 9.84. The highest BCUT2D eigenvalue weighted by Gasteiger charge is 2.34. The molecule has 112 valence electrons. The van der Waals surface area contributed by atoms with E-state index < -0.39 is 17.7 Å². The van der Waals surface area contributed by atoms with Crippen LogP contribution in [0.15, 0.2) is 24.3 Å². The highest BCUT2D eigenvalue weighted by molar-refractivity contribution is 7.15. The van der Waals surface area contributed by atoms with Crippen LogP contribution in [0.5, 0.6) is 0 Å². The Morgan fingerprint density at radius 1 is 1.33 bits per heavy atom. The number of nitrogens with zero attached hydrogens (tertiary/aromatic N) is 1. The molecule has 0 unspecified atom stereocenters. The lowest BCUT2D eigenvalue weighted by atomic mass is 10.1. The molecular formula is C14H12F3NO2S. The van der Waals surface area contributed by atoms with Crippen LogP contribution in [0.3, 0.4) is 0 Å². The van der Waals surface area contributed by atoms with E-state index in [1.807, 2.05) is 0 Å². The zero-order chi connectivity index (χ0) is 15.6. The van der Waals surface area contributed by atoms with Crippen LogP contribution in [0.4, 0.5) is 13.2 Å². The number of alkyl halides is 3. The fourth-order valence-electron chi connectivity index (χ4n) is 1.82. The minimum absolute atomic E-state index is 0.0337. The maximum Gasteiger partial charge on any atom is 0.417 e. The number of ether oxygens (including phenoxy) is 1. The molecule has 0 radical (unpaired) electrons. The highest BCUT2D eigenvalue weighted by Crippen LogP contribution is 2.38. The van der Waals surface area contributed by atoms with Crippen LogP contribution in [0.2, 0.25) is 0 Å². The van der Waals surface area contributed by atoms with Crippen LogP contribution in [-0.2, 0) is 10.9 Å². The zero-order valence-corrected chi connectivity index (χ0v) is 12.1. The first-order valence-corrected chi connectivity index (χ1v) is 6.97. The van der Waals surface area contributed by atoms with Crippen LogP contribution in [0, 0.1) is 6.92 Å². The van der Waals surface area contributed by atoms with Crippen molar-refractivity contribution in [2.75, 3.05) is 6.61 Å². The van der Waals surface area contributed by atoms with Gasteiger partial charge < -0.3 is 4.74 Å². The van der Waals surface area contributed by atoms with E-state index in [1.165, 1.54) is 18.2 Å². The summed E-state index contributed by atoms with van der Waals surface area (Å²) in [6, 6.07) is 5.16. The van der Waals surface area contributed by atoms with Gasteiger partial charge in [0.05, 0.1) is 12.2 Å². The summed E-state index contributed by atoms with van der Waals surface area (Å²) in [7, 11) is 0. The predicted octanol–water partition coefficient (Wildman–Crippen LogP) is 4.31. The van der Waals surface area contributed by atoms with Gasteiger partial charge in [-0.15, -0.1) is 11.3 Å². The Kier molecular flexibility index (Phi) is 4.32. The van der Waals surface area contributed by atoms with Gasteiger partial charge >= 0.3 is 12.1 Å². The molecular weight excluding hydrogens is 303 g/mol. The Bertz CT molecular complexity index is 664. The highest BCUT2D eigenvalue weighted by atomic mass is 32.1. The van der Waals surface area contributed by atoms with Gasteiger partial charge in [-0.1, -0.05) is 18.2 Å². The molecule has 0 aliphatic carbocycles. The second-order valence-electron chi connectivity index (χ2n) is 4.19. The van der Waals surface area contributed by atoms with Gasteiger partial charge in [0.2, 0.25) is 0 Å². The summed E-state index contributed by atoms with van der Waals surface area (Å²) < 4.78 is 43.9. The monoisotopic (exact) mass is 315 g/mol. The summed E-state index contributed by atoms with van der Waals surface area (Å²) in [5.41, 5.74) is -0.739. The van der Waals surface area contributed by atoms with Gasteiger partial charge in [-0.05, 0) is 19.9 Å². The van der Waals surface area contributed by atoms with Gasteiger partial charge in [-0.3, -0.25) is 0 Å². The normalized spacial score (nSPS) is 11.5. The summed E-state index contributed by atoms with van der Waals surface area (Å²) in [5.74, 6) is -0.623. The van der Waals surface area contributed by atoms with Crippen LogP contribution in [0.1, 0.15) is 27.9 Å². The molecule has 1 heterocycles. The Morgan fingerprint density at radius 2 is 2.00 bits per heavy atom. The van der Waals surface area contributed by atoms with Gasteiger partial charge in [-0.25, -0.2) is 9.78 Å². The van der Waals surface area contributed by atoms with Crippen molar-refractivity contribution in [2.24, 2.45) is 0 Å². The second-order valence-corrected chi connectivity index (χ2v) is 5.39. The molecule has 7 heteroatoms. The molecule has 0 bridgehead atoms. The van der Waals surface area contributed by atoms with E-state index in [0.29, 0.717) is 4.88 Å². The van der Waals surface area contributed by atoms with Gasteiger partial charge in [0.1, 0.15) is 5.01 Å². The Hall–Kier alpha value is -1.89. The maximum atomic E-state index is 13.0. The van der Waals surface area contributed by atoms with E-state index in [4.69, 9.17) is 4.74 Å². The number of carbonyl (C=O) groups is 1. The van der Waals surface area contributed by atoms with Crippen molar-refractivity contribution in [2.45, 2.75) is 20.0 Å². The van der Waals surface area contributed by atoms with E-state index >= 15 is 0 Å². The SMILES string of the molecule is CCOC(=O)c1nc(-c2ccccc2C(F)(F)F)sc1C. The molecule has 1 aromatic heterocycles. The standard InChI is InChI=1S/C14H12F3NO2S/c1-3-20-13(19)11-8(2)21-12(18-11)9-6-4-5-7-10(9)14(15,16)17/h4-7H,3H2,1-2H3. The largest absolute Gasteiger partial charge is 0.461 e. The first kappa shape index (κ1) is 15.5. The van der Waals surface area contributed by atoms with Crippen LogP contribution >= 0.6 is 11.3 Å². The summed E-state index contributed by atoms with van der Waals surface area (Å²) >= 11 is 1.04. The smallest absolute Gasteiger partial charge is 0.417 e. The molecule has 0 aliphatic rings. The number of thiazole rings is 1. The molecule has 0 saturated carbocycles. The summed E-state index contributed by atoms with van der Waals surface area (Å²) in [6.45, 7) is 3.47. The Morgan fingerprint density at radius 3 is 2.62 bits per heavy atom. The zero-order valence-electron chi connectivity index (χ0n) is 11.3. The topological polar surface area (TPSA) is 39.2 Å². The number of carbonyl (C=O) groups excluding carboxylic acids is 1. The molecule has 0 saturated heterocycles. The van der Waals surface area contributed by atoms with Crippen molar-refractivity contribution in [3.8, 4) is 10.6 Å². The van der Waals surface area contributed by atoms with Crippen molar-refractivity contribution < 1.29 is 22.7 Å². The van der Waals surface area contributed by atoms with E-state index in [0.717, 1.165) is 17.4 Å². The molecule has 3 nitrogen and oxygen atoms in total. The van der Waals surface area contributed by atoms with Gasteiger partial charge in [0.15, 0.2) is 5.69 Å². The van der Waals surface area contributed by atoms with Gasteiger partial charge in [0.25, 0.3) is 0 Å². The molecule has 21 heavy (non-hydrogen) atoms. The predicted molar refractivity (Wildman–Crippen MR) is 73.2 cm³/mol. The fourth-order valence-corrected chi connectivity index (χ4v) is 2.76. The molecule has 2 aromatic rings. The van der Waals surface area contributed by atoms with E-state index in [2.05, 4.69) is 4.98 Å². The summed E-state index contributed by atoms with van der Waals surface area (Å²) in [6.07, 6.45) is -4.47. The number of rotatable bonds is 3. The van der Waals surface area contributed by atoms with E-state index in [-0.39, 0.29) is 22.9 Å². The minimum Gasteiger partial charge on any atom is -0.461 e. The van der Waals surface area contributed by atoms with Crippen molar-refractivity contribution in [3.05, 3.63) is 40.4 Å². The van der Waals surface area contributed by atoms with Gasteiger partial charge in [0, 0.05) is 10.4 Å². The number of hydrogen-bond acceptors (Lipinski definition) is 4. The lowest BCUT2D eigenvalue weighted by Crippen LogP contribution is -2.08. The lowest BCUT2D eigenvalue weighted by Gasteiger charge is -2.10. The number of hydrogen-bond donors (Lipinski definition) is 0. The fraction of sp³-hybridized carbons (Fsp3) is 0.286. The Balaban J connectivity index is 2.50. The van der Waals surface area contributed by atoms with Gasteiger partial charge in [-0.2, -0.15) is 13.2 Å². The van der Waals surface area contributed by atoms with Crippen LogP contribution in [0.25, 0.3) is 10.6 Å². The molecule has 2 rings (SSSR count). The summed E-state index contributed by atoms with van der Waals surface area (Å²) in [4.78, 5) is 16.2. The molecule has 0 aliphatic heterocycles. The third kappa shape index (κ3) is 3.24. The average Bonchev–Trinajstić information content (AvgIpc) is 2.80. The van der Waals surface area contributed by atoms with Crippen LogP contribution in [-0.4, -0.2) is 17.6 Å². The maximum absolute atomic E-state index is 13.0. The number of aromatic nitrogens is 1. The quantitative estimate of drug-likeness (QED) is 0.792. The third-order valence-electron chi connectivity index (χ3n) is 2.73. The molecule has 0 fully saturated rings. The molecule has 1 aromatic carbocycles. The molecule has 0 N–H and O–H groups in total. The van der Waals surface area contributed by atoms with E-state index in [9.17, 15) is 18.0 Å². The lowest BCUT2D eigenvalue weighted by molar-refractivity contribution is -0.137. The van der Waals surface area contributed by atoms with E-state index in [1.54, 1.807) is 13.8 Å². The third-order valence-corrected chi connectivity index (χ3v) is 3.73. The average molecular weight is 315 g/mol. The molecule has 0 spiro atoms. The Labute approximate surface area is 123 Å². The summed E-state index contributed by atoms with van der Waals surface area (Å²) in [5, 5.41) is 0.156. The molecule has 0 atom stereocenters. The number of aryl methyl sites for hydroxylation is 1. The molecule has 0 amide bonds. The van der Waals surface area contributed by atoms with Crippen molar-refractivity contribution in [3.63, 3.8) is 0 Å². The number of halogens is 3. The second kappa shape index (κ2) is 5.85. The van der Waals surface area contributed by atoms with Crippen LogP contribution < -0.4 is 0 Å². The number of benzene rings is 1. The van der Waals surface area contributed by atoms with Crippen molar-refractivity contribution in [1.82, 2.24) is 4.98 Å². The first-order valence-electron chi connectivity index (χ1n) is 6.15. The van der Waals surface area contributed by atoms with Crippen molar-refractivity contribution >= 4 is 17.3 Å². The number of esters is 1. The minimum atomic E-state index is -4.47.